The molecule has 0 fully saturated rings. The number of ether oxygens (including phenoxy) is 1. The Labute approximate surface area is 101 Å². The van der Waals surface area contributed by atoms with Crippen LogP contribution in [0.1, 0.15) is 18.6 Å². The van der Waals surface area contributed by atoms with Crippen LogP contribution in [-0.4, -0.2) is 24.2 Å². The second kappa shape index (κ2) is 6.56. The highest BCUT2D eigenvalue weighted by Crippen LogP contribution is 2.18. The molecular formula is C13H15NO3. The van der Waals surface area contributed by atoms with E-state index in [4.69, 9.17) is 11.2 Å². The van der Waals surface area contributed by atoms with Crippen molar-refractivity contribution >= 4 is 5.91 Å². The van der Waals surface area contributed by atoms with Gasteiger partial charge in [0.1, 0.15) is 5.75 Å². The maximum Gasteiger partial charge on any atom is 0.258 e. The molecule has 1 aromatic rings. The average Bonchev–Trinajstić information content (AvgIpc) is 2.34. The number of rotatable bonds is 5. The quantitative estimate of drug-likeness (QED) is 0.742. The SMILES string of the molecule is C#CCNC(=O)COc1cccc([C@H](C)O)c1. The van der Waals surface area contributed by atoms with Gasteiger partial charge < -0.3 is 15.2 Å². The van der Waals surface area contributed by atoms with Gasteiger partial charge in [0, 0.05) is 0 Å². The first kappa shape index (κ1) is 13.1. The van der Waals surface area contributed by atoms with Crippen molar-refractivity contribution in [2.75, 3.05) is 13.2 Å². The number of carbonyl (C=O) groups is 1. The fourth-order valence-electron chi connectivity index (χ4n) is 1.21. The van der Waals surface area contributed by atoms with E-state index < -0.39 is 6.10 Å². The normalized spacial score (nSPS) is 11.4. The lowest BCUT2D eigenvalue weighted by Gasteiger charge is -2.09. The van der Waals surface area contributed by atoms with Crippen LogP contribution in [0.2, 0.25) is 0 Å². The Morgan fingerprint density at radius 2 is 2.41 bits per heavy atom. The largest absolute Gasteiger partial charge is 0.484 e. The van der Waals surface area contributed by atoms with E-state index in [2.05, 4.69) is 11.2 Å². The minimum atomic E-state index is -0.561. The van der Waals surface area contributed by atoms with E-state index in [-0.39, 0.29) is 19.1 Å². The molecule has 2 N–H and O–H groups in total. The molecule has 90 valence electrons. The first-order valence-electron chi connectivity index (χ1n) is 5.24. The van der Waals surface area contributed by atoms with Crippen molar-refractivity contribution in [3.05, 3.63) is 29.8 Å². The van der Waals surface area contributed by atoms with E-state index in [0.29, 0.717) is 5.75 Å². The zero-order valence-corrected chi connectivity index (χ0v) is 9.64. The minimum Gasteiger partial charge on any atom is -0.484 e. The summed E-state index contributed by atoms with van der Waals surface area (Å²) in [6, 6.07) is 6.96. The summed E-state index contributed by atoms with van der Waals surface area (Å²) >= 11 is 0. The van der Waals surface area contributed by atoms with Gasteiger partial charge in [-0.2, -0.15) is 0 Å². The summed E-state index contributed by atoms with van der Waals surface area (Å²) in [5.41, 5.74) is 0.742. The van der Waals surface area contributed by atoms with Crippen molar-refractivity contribution < 1.29 is 14.6 Å². The third kappa shape index (κ3) is 4.58. The molecule has 1 aromatic carbocycles. The molecule has 0 radical (unpaired) electrons. The van der Waals surface area contributed by atoms with Crippen LogP contribution < -0.4 is 10.1 Å². The van der Waals surface area contributed by atoms with Crippen LogP contribution in [-0.2, 0) is 4.79 Å². The predicted molar refractivity (Wildman–Crippen MR) is 64.4 cm³/mol. The lowest BCUT2D eigenvalue weighted by Crippen LogP contribution is -2.29. The molecule has 0 bridgehead atoms. The Morgan fingerprint density at radius 3 is 3.06 bits per heavy atom. The van der Waals surface area contributed by atoms with Gasteiger partial charge in [-0.15, -0.1) is 6.42 Å². The second-order valence-corrected chi connectivity index (χ2v) is 3.52. The summed E-state index contributed by atoms with van der Waals surface area (Å²) < 4.78 is 5.26. The van der Waals surface area contributed by atoms with Crippen molar-refractivity contribution in [1.82, 2.24) is 5.32 Å². The number of benzene rings is 1. The predicted octanol–water partition coefficient (Wildman–Crippen LogP) is 0.868. The molecule has 0 saturated carbocycles. The molecule has 0 saturated heterocycles. The highest BCUT2D eigenvalue weighted by Gasteiger charge is 2.04. The zero-order valence-electron chi connectivity index (χ0n) is 9.64. The van der Waals surface area contributed by atoms with E-state index in [9.17, 15) is 9.90 Å². The second-order valence-electron chi connectivity index (χ2n) is 3.52. The fraction of sp³-hybridized carbons (Fsp3) is 0.308. The molecule has 1 rings (SSSR count). The Hall–Kier alpha value is -1.99. The standard InChI is InChI=1S/C13H15NO3/c1-3-7-14-13(16)9-17-12-6-4-5-11(8-12)10(2)15/h1,4-6,8,10,15H,7,9H2,2H3,(H,14,16)/t10-/m0/s1. The van der Waals surface area contributed by atoms with E-state index >= 15 is 0 Å². The smallest absolute Gasteiger partial charge is 0.258 e. The number of nitrogens with one attached hydrogen (secondary N) is 1. The first-order chi connectivity index (χ1) is 8.13. The van der Waals surface area contributed by atoms with Crippen LogP contribution in [0.5, 0.6) is 5.75 Å². The molecule has 1 atom stereocenters. The van der Waals surface area contributed by atoms with Crippen molar-refractivity contribution in [1.29, 1.82) is 0 Å². The van der Waals surface area contributed by atoms with Crippen molar-refractivity contribution in [2.45, 2.75) is 13.0 Å². The molecule has 0 aliphatic heterocycles. The summed E-state index contributed by atoms with van der Waals surface area (Å²) in [7, 11) is 0. The molecule has 4 nitrogen and oxygen atoms in total. The van der Waals surface area contributed by atoms with Gasteiger partial charge in [-0.25, -0.2) is 0 Å². The van der Waals surface area contributed by atoms with E-state index in [0.717, 1.165) is 5.56 Å². The number of carbonyl (C=O) groups excluding carboxylic acids is 1. The van der Waals surface area contributed by atoms with Gasteiger partial charge >= 0.3 is 0 Å². The zero-order chi connectivity index (χ0) is 12.7. The number of hydrogen-bond acceptors (Lipinski definition) is 3. The van der Waals surface area contributed by atoms with E-state index in [1.807, 2.05) is 0 Å². The summed E-state index contributed by atoms with van der Waals surface area (Å²) in [5, 5.41) is 11.9. The van der Waals surface area contributed by atoms with Crippen molar-refractivity contribution in [3.8, 4) is 18.1 Å². The third-order valence-corrected chi connectivity index (χ3v) is 2.10. The Bertz CT molecular complexity index is 421. The van der Waals surface area contributed by atoms with Crippen molar-refractivity contribution in [3.63, 3.8) is 0 Å². The van der Waals surface area contributed by atoms with Crippen LogP contribution in [0.25, 0.3) is 0 Å². The molecule has 0 spiro atoms. The van der Waals surface area contributed by atoms with Gasteiger partial charge in [0.25, 0.3) is 5.91 Å². The molecule has 0 heterocycles. The number of amides is 1. The Balaban J connectivity index is 2.49. The van der Waals surface area contributed by atoms with Crippen LogP contribution in [0, 0.1) is 12.3 Å². The van der Waals surface area contributed by atoms with Crippen LogP contribution in [0.4, 0.5) is 0 Å². The molecule has 0 unspecified atom stereocenters. The monoisotopic (exact) mass is 233 g/mol. The lowest BCUT2D eigenvalue weighted by molar-refractivity contribution is -0.122. The molecule has 0 aromatic heterocycles. The van der Waals surface area contributed by atoms with Crippen LogP contribution in [0.15, 0.2) is 24.3 Å². The van der Waals surface area contributed by atoms with Gasteiger partial charge in [-0.05, 0) is 24.6 Å². The van der Waals surface area contributed by atoms with E-state index in [1.165, 1.54) is 0 Å². The summed E-state index contributed by atoms with van der Waals surface area (Å²) in [5.74, 6) is 2.57. The van der Waals surface area contributed by atoms with Gasteiger partial charge in [0.05, 0.1) is 12.6 Å². The van der Waals surface area contributed by atoms with Gasteiger partial charge in [-0.3, -0.25) is 4.79 Å². The number of hydrogen-bond donors (Lipinski definition) is 2. The Morgan fingerprint density at radius 1 is 1.65 bits per heavy atom. The molecule has 0 aliphatic rings. The first-order valence-corrected chi connectivity index (χ1v) is 5.24. The molecule has 17 heavy (non-hydrogen) atoms. The van der Waals surface area contributed by atoms with E-state index in [1.54, 1.807) is 31.2 Å². The molecule has 0 aliphatic carbocycles. The summed E-state index contributed by atoms with van der Waals surface area (Å²) in [4.78, 5) is 11.2. The highest BCUT2D eigenvalue weighted by atomic mass is 16.5. The molecular weight excluding hydrogens is 218 g/mol. The highest BCUT2D eigenvalue weighted by molar-refractivity contribution is 5.77. The Kier molecular flexibility index (Phi) is 5.05. The van der Waals surface area contributed by atoms with Crippen LogP contribution >= 0.6 is 0 Å². The summed E-state index contributed by atoms with van der Waals surface area (Å²) in [6.45, 7) is 1.76. The molecule has 1 amide bonds. The van der Waals surface area contributed by atoms with Gasteiger partial charge in [0.2, 0.25) is 0 Å². The molecule has 4 heteroatoms. The van der Waals surface area contributed by atoms with Gasteiger partial charge in [-0.1, -0.05) is 18.1 Å². The minimum absolute atomic E-state index is 0.0923. The number of terminal acetylenes is 1. The number of aliphatic hydroxyl groups is 1. The maximum atomic E-state index is 11.2. The topological polar surface area (TPSA) is 58.6 Å². The third-order valence-electron chi connectivity index (χ3n) is 2.10. The fourth-order valence-corrected chi connectivity index (χ4v) is 1.21. The van der Waals surface area contributed by atoms with Gasteiger partial charge in [0.15, 0.2) is 6.61 Å². The lowest BCUT2D eigenvalue weighted by atomic mass is 10.1. The summed E-state index contributed by atoms with van der Waals surface area (Å²) in [6.07, 6.45) is 4.44. The average molecular weight is 233 g/mol. The maximum absolute atomic E-state index is 11.2. The van der Waals surface area contributed by atoms with Crippen LogP contribution in [0.3, 0.4) is 0 Å². The van der Waals surface area contributed by atoms with Crippen molar-refractivity contribution in [2.24, 2.45) is 0 Å². The number of aliphatic hydroxyl groups excluding tert-OH is 1.